The summed E-state index contributed by atoms with van der Waals surface area (Å²) in [5.74, 6) is 5.88. The van der Waals surface area contributed by atoms with Crippen molar-refractivity contribution < 1.29 is 0 Å². The number of hydrazine groups is 1. The first-order chi connectivity index (χ1) is 9.97. The van der Waals surface area contributed by atoms with E-state index in [1.165, 1.54) is 15.8 Å². The van der Waals surface area contributed by atoms with Crippen molar-refractivity contribution in [1.82, 2.24) is 9.55 Å². The molecule has 0 radical (unpaired) electrons. The Kier molecular flexibility index (Phi) is 4.24. The first-order valence-corrected chi connectivity index (χ1v) is 6.31. The number of aryl methyl sites for hydroxylation is 1. The molecule has 0 unspecified atom stereocenters. The molecular weight excluding hydrogens is 270 g/mol. The summed E-state index contributed by atoms with van der Waals surface area (Å²) in [6, 6.07) is 9.27. The van der Waals surface area contributed by atoms with E-state index in [4.69, 9.17) is 11.6 Å². The zero-order chi connectivity index (χ0) is 15.4. The number of hydrogen-bond donors (Lipinski definition) is 3. The number of anilines is 1. The highest BCUT2D eigenvalue weighted by Crippen LogP contribution is 2.10. The van der Waals surface area contributed by atoms with Crippen LogP contribution < -0.4 is 27.8 Å². The zero-order valence-electron chi connectivity index (χ0n) is 11.6. The van der Waals surface area contributed by atoms with Gasteiger partial charge in [0.15, 0.2) is 0 Å². The smallest absolute Gasteiger partial charge is 0.328 e. The molecule has 0 bridgehead atoms. The lowest BCUT2D eigenvalue weighted by Crippen LogP contribution is -2.31. The third kappa shape index (κ3) is 3.61. The van der Waals surface area contributed by atoms with Gasteiger partial charge in [-0.15, -0.1) is 0 Å². The minimum atomic E-state index is -0.462. The number of allylic oxidation sites excluding steroid dienone is 1. The second-order valence-corrected chi connectivity index (χ2v) is 4.65. The van der Waals surface area contributed by atoms with E-state index in [1.807, 2.05) is 30.3 Å². The third-order valence-corrected chi connectivity index (χ3v) is 2.94. The molecule has 1 aromatic heterocycles. The maximum absolute atomic E-state index is 11.7. The number of nitrogens with zero attached hydrogens (tertiary/aromatic N) is 2. The van der Waals surface area contributed by atoms with Crippen LogP contribution in [-0.2, 0) is 13.5 Å². The van der Waals surface area contributed by atoms with Crippen LogP contribution in [0, 0.1) is 0 Å². The van der Waals surface area contributed by atoms with E-state index in [-0.39, 0.29) is 6.42 Å². The molecule has 7 nitrogen and oxygen atoms in total. The second kappa shape index (κ2) is 6.10. The molecule has 2 aromatic rings. The molecule has 0 fully saturated rings. The van der Waals surface area contributed by atoms with E-state index in [9.17, 15) is 9.59 Å². The van der Waals surface area contributed by atoms with Crippen LogP contribution in [0.4, 0.5) is 5.69 Å². The summed E-state index contributed by atoms with van der Waals surface area (Å²) in [7, 11) is 1.56. The number of para-hydroxylation sites is 1. The Morgan fingerprint density at radius 3 is 2.67 bits per heavy atom. The molecule has 0 saturated heterocycles. The van der Waals surface area contributed by atoms with Crippen molar-refractivity contribution in [2.24, 2.45) is 18.6 Å². The molecule has 0 aliphatic rings. The number of aromatic nitrogens is 2. The van der Waals surface area contributed by atoms with Gasteiger partial charge in [-0.05, 0) is 12.1 Å². The van der Waals surface area contributed by atoms with E-state index in [2.05, 4.69) is 4.98 Å². The number of nitrogens with two attached hydrogens (primary N) is 2. The highest BCUT2D eigenvalue weighted by atomic mass is 16.2. The Labute approximate surface area is 121 Å². The lowest BCUT2D eigenvalue weighted by molar-refractivity contribution is 0.778. The molecule has 0 amide bonds. The van der Waals surface area contributed by atoms with Crippen LogP contribution in [0.15, 0.2) is 58.0 Å². The molecular formula is C14H17N5O2. The molecule has 0 aliphatic heterocycles. The predicted molar refractivity (Wildman–Crippen MR) is 81.4 cm³/mol. The summed E-state index contributed by atoms with van der Waals surface area (Å²) in [5.41, 5.74) is 6.57. The fourth-order valence-corrected chi connectivity index (χ4v) is 1.86. The molecule has 0 atom stereocenters. The Morgan fingerprint density at radius 1 is 1.33 bits per heavy atom. The van der Waals surface area contributed by atoms with Crippen LogP contribution in [0.3, 0.4) is 0 Å². The summed E-state index contributed by atoms with van der Waals surface area (Å²) in [6.45, 7) is 0. The van der Waals surface area contributed by atoms with Crippen LogP contribution in [0.5, 0.6) is 0 Å². The Hall–Kier alpha value is -2.80. The van der Waals surface area contributed by atoms with Crippen molar-refractivity contribution in [2.45, 2.75) is 6.42 Å². The molecule has 1 heterocycles. The number of H-pyrrole nitrogens is 1. The summed E-state index contributed by atoms with van der Waals surface area (Å²) < 4.78 is 1.29. The first kappa shape index (κ1) is 14.6. The van der Waals surface area contributed by atoms with Gasteiger partial charge in [-0.2, -0.15) is 0 Å². The van der Waals surface area contributed by atoms with Crippen LogP contribution in [0.2, 0.25) is 0 Å². The minimum Gasteiger partial charge on any atom is -0.401 e. The molecule has 21 heavy (non-hydrogen) atoms. The maximum atomic E-state index is 11.7. The van der Waals surface area contributed by atoms with E-state index < -0.39 is 11.2 Å². The summed E-state index contributed by atoms with van der Waals surface area (Å²) in [6.07, 6.45) is 3.20. The van der Waals surface area contributed by atoms with Gasteiger partial charge in [-0.3, -0.25) is 14.8 Å². The Morgan fingerprint density at radius 2 is 2.00 bits per heavy atom. The average Bonchev–Trinajstić information content (AvgIpc) is 2.45. The summed E-state index contributed by atoms with van der Waals surface area (Å²) in [5, 5.41) is 1.38. The van der Waals surface area contributed by atoms with E-state index in [0.717, 1.165) is 5.69 Å². The summed E-state index contributed by atoms with van der Waals surface area (Å²) >= 11 is 0. The number of hydrogen-bond acceptors (Lipinski definition) is 5. The highest BCUT2D eigenvalue weighted by molar-refractivity contribution is 5.47. The van der Waals surface area contributed by atoms with Gasteiger partial charge in [0, 0.05) is 37.1 Å². The third-order valence-electron chi connectivity index (χ3n) is 2.94. The van der Waals surface area contributed by atoms with Gasteiger partial charge in [0.25, 0.3) is 5.56 Å². The molecule has 110 valence electrons. The van der Waals surface area contributed by atoms with Crippen molar-refractivity contribution >= 4 is 5.69 Å². The van der Waals surface area contributed by atoms with E-state index >= 15 is 0 Å². The number of aromatic amines is 1. The van der Waals surface area contributed by atoms with Crippen molar-refractivity contribution in [3.8, 4) is 0 Å². The topological polar surface area (TPSA) is 110 Å². The lowest BCUT2D eigenvalue weighted by atomic mass is 10.2. The molecule has 2 rings (SSSR count). The number of benzene rings is 1. The quantitative estimate of drug-likeness (QED) is 0.532. The van der Waals surface area contributed by atoms with Crippen molar-refractivity contribution in [3.63, 3.8) is 0 Å². The van der Waals surface area contributed by atoms with Gasteiger partial charge in [-0.1, -0.05) is 18.2 Å². The molecule has 1 aromatic carbocycles. The standard InChI is InChI=1S/C14H17N5O2/c1-18-8-10(13(20)17-14(18)21)7-11(15)9-19(16)12-5-3-2-4-6-12/h2-6,8-9H,7,15-16H2,1H3,(H,17,20,21)/b11-9-. The van der Waals surface area contributed by atoms with E-state index in [1.54, 1.807) is 13.2 Å². The van der Waals surface area contributed by atoms with Gasteiger partial charge < -0.3 is 10.3 Å². The maximum Gasteiger partial charge on any atom is 0.328 e. The molecule has 5 N–H and O–H groups in total. The van der Waals surface area contributed by atoms with Gasteiger partial charge in [-0.25, -0.2) is 10.6 Å². The zero-order valence-corrected chi connectivity index (χ0v) is 11.6. The predicted octanol–water partition coefficient (Wildman–Crippen LogP) is -0.203. The second-order valence-electron chi connectivity index (χ2n) is 4.65. The highest BCUT2D eigenvalue weighted by Gasteiger charge is 2.05. The van der Waals surface area contributed by atoms with Crippen molar-refractivity contribution in [1.29, 1.82) is 0 Å². The summed E-state index contributed by atoms with van der Waals surface area (Å²) in [4.78, 5) is 25.2. The Bertz CT molecular complexity index is 761. The molecule has 0 saturated carbocycles. The fraction of sp³-hybridized carbons (Fsp3) is 0.143. The molecule has 0 spiro atoms. The van der Waals surface area contributed by atoms with Crippen LogP contribution >= 0.6 is 0 Å². The minimum absolute atomic E-state index is 0.198. The van der Waals surface area contributed by atoms with Gasteiger partial charge >= 0.3 is 5.69 Å². The van der Waals surface area contributed by atoms with Gasteiger partial charge in [0.1, 0.15) is 0 Å². The van der Waals surface area contributed by atoms with Crippen molar-refractivity contribution in [2.75, 3.05) is 5.01 Å². The lowest BCUT2D eigenvalue weighted by Gasteiger charge is -2.14. The Balaban J connectivity index is 2.20. The van der Waals surface area contributed by atoms with Crippen LogP contribution in [0.25, 0.3) is 0 Å². The molecule has 0 aliphatic carbocycles. The monoisotopic (exact) mass is 287 g/mol. The first-order valence-electron chi connectivity index (χ1n) is 6.31. The largest absolute Gasteiger partial charge is 0.401 e. The average molecular weight is 287 g/mol. The number of nitrogens with one attached hydrogen (secondary N) is 1. The molecule has 7 heteroatoms. The van der Waals surface area contributed by atoms with Gasteiger partial charge in [0.05, 0.1) is 5.69 Å². The normalized spacial score (nSPS) is 11.4. The van der Waals surface area contributed by atoms with Crippen LogP contribution in [0.1, 0.15) is 5.56 Å². The fourth-order valence-electron chi connectivity index (χ4n) is 1.86. The SMILES string of the molecule is Cn1cc(C/C(N)=C/N(N)c2ccccc2)c(=O)[nH]c1=O. The van der Waals surface area contributed by atoms with E-state index in [0.29, 0.717) is 11.3 Å². The van der Waals surface area contributed by atoms with Crippen molar-refractivity contribution in [3.05, 3.63) is 74.8 Å². The van der Waals surface area contributed by atoms with Crippen LogP contribution in [-0.4, -0.2) is 9.55 Å². The van der Waals surface area contributed by atoms with Gasteiger partial charge in [0.2, 0.25) is 0 Å². The number of rotatable bonds is 4.